The molecule has 24 heavy (non-hydrogen) atoms. The number of nitrogens with one attached hydrogen (secondary N) is 2. The minimum atomic E-state index is -0.359. The van der Waals surface area contributed by atoms with Crippen LogP contribution >= 0.6 is 11.6 Å². The Kier molecular flexibility index (Phi) is 4.71. The van der Waals surface area contributed by atoms with Gasteiger partial charge in [-0.05, 0) is 41.8 Å². The van der Waals surface area contributed by atoms with Gasteiger partial charge in [-0.2, -0.15) is 0 Å². The second kappa shape index (κ2) is 6.93. The van der Waals surface area contributed by atoms with E-state index in [4.69, 9.17) is 11.6 Å². The number of anilines is 2. The van der Waals surface area contributed by atoms with Crippen LogP contribution in [0.1, 0.15) is 18.1 Å². The molecule has 0 atom stereocenters. The van der Waals surface area contributed by atoms with Crippen LogP contribution < -0.4 is 10.6 Å². The molecule has 0 unspecified atom stereocenters. The monoisotopic (exact) mass is 343 g/mol. The molecule has 0 aliphatic carbocycles. The highest BCUT2D eigenvalue weighted by atomic mass is 35.5. The maximum Gasteiger partial charge on any atom is 0.323 e. The van der Waals surface area contributed by atoms with Gasteiger partial charge in [-0.1, -0.05) is 29.8 Å². The van der Waals surface area contributed by atoms with Crippen LogP contribution in [0, 0.1) is 0 Å². The third-order valence-corrected chi connectivity index (χ3v) is 4.37. The summed E-state index contributed by atoms with van der Waals surface area (Å²) in [4.78, 5) is 25.5. The van der Waals surface area contributed by atoms with Crippen molar-refractivity contribution in [2.45, 2.75) is 19.9 Å². The first-order valence-corrected chi connectivity index (χ1v) is 8.10. The van der Waals surface area contributed by atoms with Crippen LogP contribution in [0.3, 0.4) is 0 Å². The lowest BCUT2D eigenvalue weighted by Gasteiger charge is -2.28. The maximum atomic E-state index is 12.1. The fourth-order valence-corrected chi connectivity index (χ4v) is 2.93. The Morgan fingerprint density at radius 1 is 1.08 bits per heavy atom. The SMILES string of the molecule is CC(=O)N1CCc2ccc(NC(=O)Nc3ccccc3Cl)cc2C1. The first kappa shape index (κ1) is 16.3. The molecule has 1 aliphatic heterocycles. The Hall–Kier alpha value is -2.53. The Bertz CT molecular complexity index is 792. The van der Waals surface area contributed by atoms with Gasteiger partial charge in [0.1, 0.15) is 0 Å². The van der Waals surface area contributed by atoms with E-state index in [2.05, 4.69) is 10.6 Å². The summed E-state index contributed by atoms with van der Waals surface area (Å²) in [6, 6.07) is 12.5. The molecule has 2 aromatic rings. The summed E-state index contributed by atoms with van der Waals surface area (Å²) in [5.74, 6) is 0.0653. The number of para-hydroxylation sites is 1. The Morgan fingerprint density at radius 2 is 1.88 bits per heavy atom. The number of carbonyl (C=O) groups is 2. The van der Waals surface area contributed by atoms with Crippen LogP contribution in [-0.4, -0.2) is 23.4 Å². The molecule has 0 radical (unpaired) electrons. The largest absolute Gasteiger partial charge is 0.338 e. The van der Waals surface area contributed by atoms with Gasteiger partial charge in [0.25, 0.3) is 0 Å². The first-order valence-electron chi connectivity index (χ1n) is 7.73. The van der Waals surface area contributed by atoms with Crippen molar-refractivity contribution in [3.05, 3.63) is 58.6 Å². The molecule has 124 valence electrons. The van der Waals surface area contributed by atoms with Gasteiger partial charge in [-0.25, -0.2) is 4.79 Å². The minimum absolute atomic E-state index is 0.0653. The summed E-state index contributed by atoms with van der Waals surface area (Å²) in [6.45, 7) is 2.89. The van der Waals surface area contributed by atoms with E-state index in [-0.39, 0.29) is 11.9 Å². The van der Waals surface area contributed by atoms with E-state index in [1.807, 2.05) is 18.2 Å². The molecule has 0 aromatic heterocycles. The number of fused-ring (bicyclic) bond motifs is 1. The fourth-order valence-electron chi connectivity index (χ4n) is 2.75. The number of rotatable bonds is 2. The average Bonchev–Trinajstić information content (AvgIpc) is 2.56. The number of hydrogen-bond donors (Lipinski definition) is 2. The molecule has 6 heteroatoms. The zero-order chi connectivity index (χ0) is 17.1. The van der Waals surface area contributed by atoms with E-state index in [0.717, 1.165) is 18.5 Å². The van der Waals surface area contributed by atoms with Crippen molar-refractivity contribution >= 4 is 34.9 Å². The van der Waals surface area contributed by atoms with Crippen molar-refractivity contribution in [3.63, 3.8) is 0 Å². The van der Waals surface area contributed by atoms with E-state index in [0.29, 0.717) is 22.9 Å². The van der Waals surface area contributed by atoms with Crippen molar-refractivity contribution in [3.8, 4) is 0 Å². The summed E-state index contributed by atoms with van der Waals surface area (Å²) < 4.78 is 0. The first-order chi connectivity index (χ1) is 11.5. The molecule has 2 aromatic carbocycles. The molecular weight excluding hydrogens is 326 g/mol. The van der Waals surface area contributed by atoms with E-state index >= 15 is 0 Å². The van der Waals surface area contributed by atoms with Gasteiger partial charge in [-0.3, -0.25) is 4.79 Å². The maximum absolute atomic E-state index is 12.1. The fraction of sp³-hybridized carbons (Fsp3) is 0.222. The smallest absolute Gasteiger partial charge is 0.323 e. The van der Waals surface area contributed by atoms with Gasteiger partial charge in [0.05, 0.1) is 10.7 Å². The molecule has 3 amide bonds. The quantitative estimate of drug-likeness (QED) is 0.869. The average molecular weight is 344 g/mol. The van der Waals surface area contributed by atoms with Crippen molar-refractivity contribution in [2.75, 3.05) is 17.2 Å². The van der Waals surface area contributed by atoms with Crippen LogP contribution in [0.4, 0.5) is 16.2 Å². The summed E-state index contributed by atoms with van der Waals surface area (Å²) in [5.41, 5.74) is 3.51. The van der Waals surface area contributed by atoms with Crippen LogP contribution in [0.15, 0.2) is 42.5 Å². The van der Waals surface area contributed by atoms with Gasteiger partial charge >= 0.3 is 6.03 Å². The summed E-state index contributed by atoms with van der Waals surface area (Å²) in [5, 5.41) is 6.00. The van der Waals surface area contributed by atoms with Crippen molar-refractivity contribution in [1.29, 1.82) is 0 Å². The predicted molar refractivity (Wildman–Crippen MR) is 95.3 cm³/mol. The second-order valence-corrected chi connectivity index (χ2v) is 6.14. The van der Waals surface area contributed by atoms with Gasteiger partial charge in [0.2, 0.25) is 5.91 Å². The predicted octanol–water partition coefficient (Wildman–Crippen LogP) is 3.89. The zero-order valence-electron chi connectivity index (χ0n) is 13.3. The van der Waals surface area contributed by atoms with Gasteiger partial charge in [0, 0.05) is 25.7 Å². The second-order valence-electron chi connectivity index (χ2n) is 5.73. The molecule has 0 fully saturated rings. The number of amides is 3. The Morgan fingerprint density at radius 3 is 2.62 bits per heavy atom. The summed E-state index contributed by atoms with van der Waals surface area (Å²) in [6.07, 6.45) is 0.834. The van der Waals surface area contributed by atoms with Crippen LogP contribution in [0.5, 0.6) is 0 Å². The summed E-state index contributed by atoms with van der Waals surface area (Å²) >= 11 is 6.03. The number of benzene rings is 2. The van der Waals surface area contributed by atoms with Crippen molar-refractivity contribution in [2.24, 2.45) is 0 Å². The third kappa shape index (κ3) is 3.68. The molecule has 5 nitrogen and oxygen atoms in total. The number of halogens is 1. The molecule has 1 heterocycles. The van der Waals surface area contributed by atoms with Crippen molar-refractivity contribution < 1.29 is 9.59 Å². The van der Waals surface area contributed by atoms with Crippen LogP contribution in [0.25, 0.3) is 0 Å². The van der Waals surface area contributed by atoms with E-state index in [1.165, 1.54) is 5.56 Å². The number of nitrogens with zero attached hydrogens (tertiary/aromatic N) is 1. The number of hydrogen-bond acceptors (Lipinski definition) is 2. The molecular formula is C18H18ClN3O2. The Labute approximate surface area is 145 Å². The molecule has 3 rings (SSSR count). The van der Waals surface area contributed by atoms with E-state index < -0.39 is 0 Å². The molecule has 2 N–H and O–H groups in total. The molecule has 0 spiro atoms. The van der Waals surface area contributed by atoms with E-state index in [1.54, 1.807) is 36.1 Å². The highest BCUT2D eigenvalue weighted by Gasteiger charge is 2.18. The third-order valence-electron chi connectivity index (χ3n) is 4.04. The van der Waals surface area contributed by atoms with Gasteiger partial charge < -0.3 is 15.5 Å². The van der Waals surface area contributed by atoms with E-state index in [9.17, 15) is 9.59 Å². The standard InChI is InChI=1S/C18H18ClN3O2/c1-12(23)22-9-8-13-6-7-15(10-14(13)11-22)20-18(24)21-17-5-3-2-4-16(17)19/h2-7,10H,8-9,11H2,1H3,(H2,20,21,24). The molecule has 0 saturated carbocycles. The number of carbonyl (C=O) groups excluding carboxylic acids is 2. The lowest BCUT2D eigenvalue weighted by atomic mass is 9.99. The van der Waals surface area contributed by atoms with Crippen LogP contribution in [0.2, 0.25) is 5.02 Å². The highest BCUT2D eigenvalue weighted by Crippen LogP contribution is 2.24. The van der Waals surface area contributed by atoms with Gasteiger partial charge in [-0.15, -0.1) is 0 Å². The topological polar surface area (TPSA) is 61.4 Å². The normalized spacial score (nSPS) is 13.2. The lowest BCUT2D eigenvalue weighted by molar-refractivity contribution is -0.129. The molecule has 1 aliphatic rings. The molecule has 0 saturated heterocycles. The minimum Gasteiger partial charge on any atom is -0.338 e. The highest BCUT2D eigenvalue weighted by molar-refractivity contribution is 6.33. The number of urea groups is 1. The van der Waals surface area contributed by atoms with Crippen molar-refractivity contribution in [1.82, 2.24) is 4.90 Å². The molecule has 0 bridgehead atoms. The lowest BCUT2D eigenvalue weighted by Crippen LogP contribution is -2.34. The Balaban J connectivity index is 1.70. The van der Waals surface area contributed by atoms with Gasteiger partial charge in [0.15, 0.2) is 0 Å². The summed E-state index contributed by atoms with van der Waals surface area (Å²) in [7, 11) is 0. The van der Waals surface area contributed by atoms with Crippen LogP contribution in [-0.2, 0) is 17.8 Å². The zero-order valence-corrected chi connectivity index (χ0v) is 14.1.